The maximum atomic E-state index is 13.0. The van der Waals surface area contributed by atoms with Crippen molar-refractivity contribution in [2.24, 2.45) is 11.8 Å². The third-order valence-corrected chi connectivity index (χ3v) is 5.30. The highest BCUT2D eigenvalue weighted by molar-refractivity contribution is 5.79. The molecule has 1 aliphatic heterocycles. The summed E-state index contributed by atoms with van der Waals surface area (Å²) < 4.78 is 40.8. The molecule has 2 heterocycles. The van der Waals surface area contributed by atoms with Crippen LogP contribution in [-0.4, -0.2) is 39.9 Å². The maximum Gasteiger partial charge on any atom is 0.391 e. The van der Waals surface area contributed by atoms with E-state index in [0.717, 1.165) is 18.4 Å². The fraction of sp³-hybridized carbons (Fsp3) is 0.765. The summed E-state index contributed by atoms with van der Waals surface area (Å²) in [5.74, 6) is -1.91. The fourth-order valence-corrected chi connectivity index (χ4v) is 3.97. The Morgan fingerprint density at radius 3 is 2.71 bits per heavy atom. The van der Waals surface area contributed by atoms with Crippen molar-refractivity contribution in [3.05, 3.63) is 18.0 Å². The van der Waals surface area contributed by atoms with Crippen molar-refractivity contribution in [1.82, 2.24) is 14.7 Å². The molecular formula is C17H24F3N3O. The number of nitrogens with zero attached hydrogens (tertiary/aromatic N) is 3. The zero-order valence-corrected chi connectivity index (χ0v) is 13.9. The molecule has 1 aromatic heterocycles. The number of hydrogen-bond acceptors (Lipinski definition) is 2. The second-order valence-corrected chi connectivity index (χ2v) is 7.18. The highest BCUT2D eigenvalue weighted by atomic mass is 19.4. The van der Waals surface area contributed by atoms with E-state index in [1.54, 1.807) is 11.1 Å². The monoisotopic (exact) mass is 343 g/mol. The van der Waals surface area contributed by atoms with E-state index in [1.807, 2.05) is 17.8 Å². The number of amides is 1. The number of carbonyl (C=O) groups excluding carboxylic acids is 1. The average molecular weight is 343 g/mol. The van der Waals surface area contributed by atoms with Gasteiger partial charge in [-0.05, 0) is 44.6 Å². The number of piperidine rings is 1. The van der Waals surface area contributed by atoms with Gasteiger partial charge in [0.2, 0.25) is 5.91 Å². The number of carbonyl (C=O) groups is 1. The molecule has 0 bridgehead atoms. The van der Waals surface area contributed by atoms with Crippen molar-refractivity contribution in [3.8, 4) is 0 Å². The molecule has 134 valence electrons. The number of hydrogen-bond donors (Lipinski definition) is 0. The Hall–Kier alpha value is -1.53. The van der Waals surface area contributed by atoms with Gasteiger partial charge >= 0.3 is 6.18 Å². The van der Waals surface area contributed by atoms with Gasteiger partial charge in [0.1, 0.15) is 0 Å². The van der Waals surface area contributed by atoms with Crippen molar-refractivity contribution in [1.29, 1.82) is 0 Å². The van der Waals surface area contributed by atoms with Gasteiger partial charge in [-0.2, -0.15) is 18.3 Å². The van der Waals surface area contributed by atoms with Crippen molar-refractivity contribution in [2.45, 2.75) is 57.7 Å². The van der Waals surface area contributed by atoms with E-state index in [2.05, 4.69) is 5.10 Å². The molecule has 0 spiro atoms. The van der Waals surface area contributed by atoms with Gasteiger partial charge in [-0.3, -0.25) is 9.48 Å². The SMILES string of the molecule is Cc1cnn([C@@H]2CCCN(C(=O)[C@H]3CCC[C@H](C(F)(F)F)C3)C2)c1. The van der Waals surface area contributed by atoms with Crippen molar-refractivity contribution < 1.29 is 18.0 Å². The Labute approximate surface area is 140 Å². The number of halogens is 3. The number of aromatic nitrogens is 2. The summed E-state index contributed by atoms with van der Waals surface area (Å²) in [5, 5.41) is 4.32. The second-order valence-electron chi connectivity index (χ2n) is 7.18. The lowest BCUT2D eigenvalue weighted by molar-refractivity contribution is -0.187. The minimum Gasteiger partial charge on any atom is -0.340 e. The van der Waals surface area contributed by atoms with E-state index < -0.39 is 18.0 Å². The van der Waals surface area contributed by atoms with Crippen LogP contribution in [0.25, 0.3) is 0 Å². The molecule has 0 unspecified atom stereocenters. The largest absolute Gasteiger partial charge is 0.391 e. The Balaban J connectivity index is 1.64. The van der Waals surface area contributed by atoms with Crippen LogP contribution in [0.2, 0.25) is 0 Å². The predicted octanol–water partition coefficient (Wildman–Crippen LogP) is 3.72. The van der Waals surface area contributed by atoms with Gasteiger partial charge in [-0.1, -0.05) is 6.42 Å². The van der Waals surface area contributed by atoms with Crippen LogP contribution in [0.3, 0.4) is 0 Å². The molecule has 1 aromatic rings. The number of likely N-dealkylation sites (tertiary alicyclic amines) is 1. The van der Waals surface area contributed by atoms with Crippen LogP contribution >= 0.6 is 0 Å². The van der Waals surface area contributed by atoms with Crippen LogP contribution in [0.4, 0.5) is 13.2 Å². The molecule has 4 nitrogen and oxygen atoms in total. The van der Waals surface area contributed by atoms with E-state index in [9.17, 15) is 18.0 Å². The van der Waals surface area contributed by atoms with Crippen molar-refractivity contribution in [3.63, 3.8) is 0 Å². The first-order valence-corrected chi connectivity index (χ1v) is 8.71. The second kappa shape index (κ2) is 6.76. The lowest BCUT2D eigenvalue weighted by Gasteiger charge is -2.37. The van der Waals surface area contributed by atoms with E-state index in [4.69, 9.17) is 0 Å². The summed E-state index contributed by atoms with van der Waals surface area (Å²) in [4.78, 5) is 14.5. The van der Waals surface area contributed by atoms with Crippen LogP contribution in [0.15, 0.2) is 12.4 Å². The Kier molecular flexibility index (Phi) is 4.88. The number of alkyl halides is 3. The van der Waals surface area contributed by atoms with Gasteiger partial charge in [0.15, 0.2) is 0 Å². The summed E-state index contributed by atoms with van der Waals surface area (Å²) in [7, 11) is 0. The Bertz CT molecular complexity index is 584. The molecule has 2 aliphatic rings. The Morgan fingerprint density at radius 2 is 2.04 bits per heavy atom. The molecule has 3 atom stereocenters. The van der Waals surface area contributed by atoms with Crippen molar-refractivity contribution in [2.75, 3.05) is 13.1 Å². The lowest BCUT2D eigenvalue weighted by atomic mass is 9.80. The van der Waals surface area contributed by atoms with Crippen LogP contribution < -0.4 is 0 Å². The van der Waals surface area contributed by atoms with Gasteiger partial charge in [-0.15, -0.1) is 0 Å². The van der Waals surface area contributed by atoms with Gasteiger partial charge < -0.3 is 4.90 Å². The van der Waals surface area contributed by atoms with Crippen LogP contribution in [0.5, 0.6) is 0 Å². The maximum absolute atomic E-state index is 13.0. The first-order chi connectivity index (χ1) is 11.3. The summed E-state index contributed by atoms with van der Waals surface area (Å²) in [6.45, 7) is 3.16. The van der Waals surface area contributed by atoms with Gasteiger partial charge in [0, 0.05) is 25.2 Å². The summed E-state index contributed by atoms with van der Waals surface area (Å²) >= 11 is 0. The minimum absolute atomic E-state index is 0.0512. The molecule has 1 saturated heterocycles. The standard InChI is InChI=1S/C17H24F3N3O/c1-12-9-21-23(10-12)15-6-3-7-22(11-15)16(24)13-4-2-5-14(8-13)17(18,19)20/h9-10,13-15H,2-8,11H2,1H3/t13-,14-,15+/m0/s1. The summed E-state index contributed by atoms with van der Waals surface area (Å²) in [6, 6.07) is 0.124. The van der Waals surface area contributed by atoms with E-state index in [-0.39, 0.29) is 24.8 Å². The van der Waals surface area contributed by atoms with Crippen LogP contribution in [0.1, 0.15) is 50.1 Å². The van der Waals surface area contributed by atoms with Crippen LogP contribution in [0, 0.1) is 18.8 Å². The third kappa shape index (κ3) is 3.75. The third-order valence-electron chi connectivity index (χ3n) is 5.30. The summed E-state index contributed by atoms with van der Waals surface area (Å²) in [6.07, 6.45) is 2.53. The number of rotatable bonds is 2. The first-order valence-electron chi connectivity index (χ1n) is 8.71. The van der Waals surface area contributed by atoms with Gasteiger partial charge in [0.05, 0.1) is 18.2 Å². The van der Waals surface area contributed by atoms with Gasteiger partial charge in [0.25, 0.3) is 0 Å². The molecule has 3 rings (SSSR count). The normalized spacial score (nSPS) is 28.8. The zero-order valence-electron chi connectivity index (χ0n) is 13.9. The molecule has 2 fully saturated rings. The molecule has 1 amide bonds. The first kappa shape index (κ1) is 17.3. The Morgan fingerprint density at radius 1 is 1.25 bits per heavy atom. The topological polar surface area (TPSA) is 38.1 Å². The molecular weight excluding hydrogens is 319 g/mol. The van der Waals surface area contributed by atoms with Crippen LogP contribution in [-0.2, 0) is 4.79 Å². The summed E-state index contributed by atoms with van der Waals surface area (Å²) in [5.41, 5.74) is 1.07. The molecule has 24 heavy (non-hydrogen) atoms. The lowest BCUT2D eigenvalue weighted by Crippen LogP contribution is -2.45. The zero-order chi connectivity index (χ0) is 17.3. The fourth-order valence-electron chi connectivity index (χ4n) is 3.97. The highest BCUT2D eigenvalue weighted by Crippen LogP contribution is 2.40. The van der Waals surface area contributed by atoms with Gasteiger partial charge in [-0.25, -0.2) is 0 Å². The quantitative estimate of drug-likeness (QED) is 0.821. The molecule has 0 aromatic carbocycles. The van der Waals surface area contributed by atoms with E-state index in [0.29, 0.717) is 25.9 Å². The molecule has 1 aliphatic carbocycles. The van der Waals surface area contributed by atoms with E-state index >= 15 is 0 Å². The highest BCUT2D eigenvalue weighted by Gasteiger charge is 2.44. The van der Waals surface area contributed by atoms with Crippen molar-refractivity contribution >= 4 is 5.91 Å². The molecule has 7 heteroatoms. The smallest absolute Gasteiger partial charge is 0.340 e. The molecule has 0 N–H and O–H groups in total. The predicted molar refractivity (Wildman–Crippen MR) is 83.3 cm³/mol. The minimum atomic E-state index is -4.18. The molecule has 1 saturated carbocycles. The van der Waals surface area contributed by atoms with E-state index in [1.165, 1.54) is 0 Å². The number of aryl methyl sites for hydroxylation is 1. The average Bonchev–Trinajstić information content (AvgIpc) is 3.00. The molecule has 0 radical (unpaired) electrons.